The van der Waals surface area contributed by atoms with E-state index in [1.165, 1.54) is 0 Å². The Kier molecular flexibility index (Phi) is 8.21. The number of H-pyrrole nitrogens is 1. The van der Waals surface area contributed by atoms with Gasteiger partial charge in [-0.1, -0.05) is 13.8 Å². The molecule has 8 nitrogen and oxygen atoms in total. The fourth-order valence-corrected chi connectivity index (χ4v) is 3.20. The lowest BCUT2D eigenvalue weighted by Gasteiger charge is -2.29. The Morgan fingerprint density at radius 1 is 1.24 bits per heavy atom. The van der Waals surface area contributed by atoms with E-state index in [1.54, 1.807) is 36.7 Å². The van der Waals surface area contributed by atoms with E-state index in [2.05, 4.69) is 15.3 Å². The summed E-state index contributed by atoms with van der Waals surface area (Å²) in [5.41, 5.74) is 1.49. The van der Waals surface area contributed by atoms with Gasteiger partial charge in [0.15, 0.2) is 0 Å². The zero-order valence-electron chi connectivity index (χ0n) is 17.4. The number of carboxylic acid groups (broad SMARTS) is 1. The molecule has 0 aliphatic heterocycles. The lowest BCUT2D eigenvalue weighted by atomic mass is 10.0. The molecule has 0 fully saturated rings. The van der Waals surface area contributed by atoms with Crippen molar-refractivity contribution in [3.05, 3.63) is 42.5 Å². The number of aromatic amines is 1. The first kappa shape index (κ1) is 22.4. The minimum atomic E-state index is -0.964. The Bertz CT molecular complexity index is 774. The molecule has 0 radical (unpaired) electrons. The van der Waals surface area contributed by atoms with Crippen LogP contribution in [0.2, 0.25) is 0 Å². The van der Waals surface area contributed by atoms with Crippen molar-refractivity contribution in [3.8, 4) is 5.75 Å². The minimum Gasteiger partial charge on any atom is -0.497 e. The van der Waals surface area contributed by atoms with Crippen molar-refractivity contribution in [2.45, 2.75) is 45.7 Å². The van der Waals surface area contributed by atoms with Crippen LogP contribution in [0, 0.1) is 5.92 Å². The van der Waals surface area contributed by atoms with Gasteiger partial charge in [-0.25, -0.2) is 4.98 Å². The quantitative estimate of drug-likeness (QED) is 0.533. The maximum atomic E-state index is 13.4. The van der Waals surface area contributed by atoms with Gasteiger partial charge in [0.25, 0.3) is 0 Å². The molecule has 0 spiro atoms. The van der Waals surface area contributed by atoms with Crippen LogP contribution in [0.3, 0.4) is 0 Å². The van der Waals surface area contributed by atoms with E-state index in [0.29, 0.717) is 25.1 Å². The number of anilines is 1. The van der Waals surface area contributed by atoms with Crippen LogP contribution in [0.1, 0.15) is 32.9 Å². The Morgan fingerprint density at radius 3 is 2.41 bits per heavy atom. The van der Waals surface area contributed by atoms with Gasteiger partial charge in [0.2, 0.25) is 5.91 Å². The second-order valence-corrected chi connectivity index (χ2v) is 7.30. The van der Waals surface area contributed by atoms with Crippen molar-refractivity contribution in [1.29, 1.82) is 0 Å². The number of imidazole rings is 1. The number of rotatable bonds is 11. The maximum absolute atomic E-state index is 13.4. The number of carboxylic acids is 1. The summed E-state index contributed by atoms with van der Waals surface area (Å²) in [6, 6.07) is 5.69. The fourth-order valence-electron chi connectivity index (χ4n) is 3.20. The van der Waals surface area contributed by atoms with Gasteiger partial charge in [-0.2, -0.15) is 0 Å². The zero-order valence-corrected chi connectivity index (χ0v) is 17.4. The summed E-state index contributed by atoms with van der Waals surface area (Å²) in [5, 5.41) is 12.7. The SMILES string of the molecule is CCN(C(=O)C(Cc1cnc[nH]1)NC(CC(C)C)C(=O)O)c1ccc(OC)cc1. The van der Waals surface area contributed by atoms with Crippen LogP contribution >= 0.6 is 0 Å². The number of aromatic nitrogens is 2. The van der Waals surface area contributed by atoms with Gasteiger partial charge in [-0.15, -0.1) is 0 Å². The number of nitrogens with zero attached hydrogens (tertiary/aromatic N) is 2. The number of hydrogen-bond donors (Lipinski definition) is 3. The number of amides is 1. The summed E-state index contributed by atoms with van der Waals surface area (Å²) >= 11 is 0. The molecule has 158 valence electrons. The first-order valence-electron chi connectivity index (χ1n) is 9.77. The summed E-state index contributed by atoms with van der Waals surface area (Å²) in [6.45, 7) is 6.25. The molecule has 1 aromatic carbocycles. The lowest BCUT2D eigenvalue weighted by molar-refractivity contribution is -0.140. The molecule has 0 aliphatic rings. The van der Waals surface area contributed by atoms with Crippen LogP contribution in [0.4, 0.5) is 5.69 Å². The van der Waals surface area contributed by atoms with Crippen molar-refractivity contribution < 1.29 is 19.4 Å². The van der Waals surface area contributed by atoms with Crippen LogP contribution < -0.4 is 15.0 Å². The predicted octanol–water partition coefficient (Wildman–Crippen LogP) is 2.47. The van der Waals surface area contributed by atoms with E-state index in [-0.39, 0.29) is 11.8 Å². The molecule has 0 aliphatic carbocycles. The second-order valence-electron chi connectivity index (χ2n) is 7.30. The number of carbonyl (C=O) groups excluding carboxylic acids is 1. The van der Waals surface area contributed by atoms with Gasteiger partial charge < -0.3 is 19.7 Å². The monoisotopic (exact) mass is 402 g/mol. The first-order valence-corrected chi connectivity index (χ1v) is 9.77. The summed E-state index contributed by atoms with van der Waals surface area (Å²) < 4.78 is 5.18. The van der Waals surface area contributed by atoms with Crippen molar-refractivity contribution in [2.75, 3.05) is 18.6 Å². The third kappa shape index (κ3) is 6.32. The molecular formula is C21H30N4O4. The van der Waals surface area contributed by atoms with Crippen molar-refractivity contribution in [3.63, 3.8) is 0 Å². The van der Waals surface area contributed by atoms with E-state index >= 15 is 0 Å². The number of likely N-dealkylation sites (N-methyl/N-ethyl adjacent to an activating group) is 1. The number of hydrogen-bond acceptors (Lipinski definition) is 5. The number of benzene rings is 1. The average Bonchev–Trinajstić information content (AvgIpc) is 3.20. The predicted molar refractivity (Wildman–Crippen MR) is 111 cm³/mol. The summed E-state index contributed by atoms with van der Waals surface area (Å²) in [4.78, 5) is 33.8. The lowest BCUT2D eigenvalue weighted by Crippen LogP contribution is -2.53. The Balaban J connectivity index is 2.28. The fraction of sp³-hybridized carbons (Fsp3) is 0.476. The highest BCUT2D eigenvalue weighted by molar-refractivity contribution is 5.97. The van der Waals surface area contributed by atoms with Crippen molar-refractivity contribution in [2.24, 2.45) is 5.92 Å². The molecule has 3 N–H and O–H groups in total. The van der Waals surface area contributed by atoms with E-state index in [4.69, 9.17) is 4.74 Å². The molecule has 2 rings (SSSR count). The number of methoxy groups -OCH3 is 1. The molecule has 29 heavy (non-hydrogen) atoms. The molecule has 1 aromatic heterocycles. The highest BCUT2D eigenvalue weighted by Crippen LogP contribution is 2.21. The van der Waals surface area contributed by atoms with E-state index in [0.717, 1.165) is 11.4 Å². The minimum absolute atomic E-state index is 0.176. The smallest absolute Gasteiger partial charge is 0.320 e. The van der Waals surface area contributed by atoms with Gasteiger partial charge in [-0.05, 0) is 43.5 Å². The topological polar surface area (TPSA) is 108 Å². The maximum Gasteiger partial charge on any atom is 0.320 e. The van der Waals surface area contributed by atoms with Gasteiger partial charge in [0, 0.05) is 30.5 Å². The zero-order chi connectivity index (χ0) is 21.4. The highest BCUT2D eigenvalue weighted by atomic mass is 16.5. The van der Waals surface area contributed by atoms with E-state index < -0.39 is 18.1 Å². The summed E-state index contributed by atoms with van der Waals surface area (Å²) in [7, 11) is 1.59. The first-order chi connectivity index (χ1) is 13.8. The third-order valence-electron chi connectivity index (χ3n) is 4.65. The number of nitrogens with one attached hydrogen (secondary N) is 2. The van der Waals surface area contributed by atoms with Crippen molar-refractivity contribution >= 4 is 17.6 Å². The summed E-state index contributed by atoms with van der Waals surface area (Å²) in [5.74, 6) is -0.279. The van der Waals surface area contributed by atoms with Gasteiger partial charge in [0.1, 0.15) is 11.8 Å². The largest absolute Gasteiger partial charge is 0.497 e. The van der Waals surface area contributed by atoms with Crippen LogP contribution in [-0.2, 0) is 16.0 Å². The third-order valence-corrected chi connectivity index (χ3v) is 4.65. The molecule has 0 saturated heterocycles. The molecule has 2 unspecified atom stereocenters. The van der Waals surface area contributed by atoms with Gasteiger partial charge >= 0.3 is 5.97 Å². The molecule has 2 aromatic rings. The van der Waals surface area contributed by atoms with Gasteiger partial charge in [0.05, 0.1) is 19.5 Å². The highest BCUT2D eigenvalue weighted by Gasteiger charge is 2.30. The average molecular weight is 402 g/mol. The Labute approximate surface area is 171 Å². The number of ether oxygens (including phenoxy) is 1. The Morgan fingerprint density at radius 2 is 1.93 bits per heavy atom. The number of carbonyl (C=O) groups is 2. The van der Waals surface area contributed by atoms with Crippen LogP contribution in [-0.4, -0.2) is 52.7 Å². The van der Waals surface area contributed by atoms with Crippen molar-refractivity contribution in [1.82, 2.24) is 15.3 Å². The Hall–Kier alpha value is -2.87. The molecule has 0 bridgehead atoms. The normalized spacial score (nSPS) is 13.1. The standard InChI is InChI=1S/C21H30N4O4/c1-5-25(16-6-8-17(29-4)9-7-16)20(26)18(11-15-12-22-13-23-15)24-19(21(27)28)10-14(2)3/h6-9,12-14,18-19,24H,5,10-11H2,1-4H3,(H,22,23)(H,27,28). The summed E-state index contributed by atoms with van der Waals surface area (Å²) in [6.07, 6.45) is 3.93. The van der Waals surface area contributed by atoms with Crippen LogP contribution in [0.25, 0.3) is 0 Å². The van der Waals surface area contributed by atoms with Crippen LogP contribution in [0.5, 0.6) is 5.75 Å². The van der Waals surface area contributed by atoms with E-state index in [1.807, 2.05) is 32.9 Å². The van der Waals surface area contributed by atoms with Gasteiger partial charge in [-0.3, -0.25) is 14.9 Å². The van der Waals surface area contributed by atoms with Crippen LogP contribution in [0.15, 0.2) is 36.8 Å². The van der Waals surface area contributed by atoms with E-state index in [9.17, 15) is 14.7 Å². The second kappa shape index (κ2) is 10.6. The number of aliphatic carboxylic acids is 1. The molecule has 1 heterocycles. The molecular weight excluding hydrogens is 372 g/mol. The molecule has 8 heteroatoms. The molecule has 1 amide bonds. The molecule has 0 saturated carbocycles. The molecule has 2 atom stereocenters.